The van der Waals surface area contributed by atoms with Gasteiger partial charge < -0.3 is 16.0 Å². The highest BCUT2D eigenvalue weighted by atomic mass is 15.2. The normalized spacial score (nSPS) is 24.1. The molecule has 2 heterocycles. The highest BCUT2D eigenvalue weighted by Gasteiger charge is 2.23. The summed E-state index contributed by atoms with van der Waals surface area (Å²) in [6.45, 7) is 2.85. The number of hydrogen-bond donors (Lipinski definition) is 2. The van der Waals surface area contributed by atoms with Gasteiger partial charge in [0.15, 0.2) is 0 Å². The average molecular weight is 247 g/mol. The van der Waals surface area contributed by atoms with Gasteiger partial charge in [0.05, 0.1) is 0 Å². The first-order chi connectivity index (χ1) is 8.85. The van der Waals surface area contributed by atoms with Crippen molar-refractivity contribution >= 4 is 11.6 Å². The van der Waals surface area contributed by atoms with Crippen molar-refractivity contribution in [2.75, 3.05) is 29.9 Å². The minimum atomic E-state index is 0.614. The minimum Gasteiger partial charge on any atom is -0.367 e. The van der Waals surface area contributed by atoms with Gasteiger partial charge >= 0.3 is 0 Å². The maximum atomic E-state index is 5.72. The molecule has 0 radical (unpaired) electrons. The lowest BCUT2D eigenvalue weighted by Gasteiger charge is -2.27. The summed E-state index contributed by atoms with van der Waals surface area (Å²) in [7, 11) is 0. The number of hydrogen-bond acceptors (Lipinski definition) is 5. The molecule has 0 amide bonds. The van der Waals surface area contributed by atoms with E-state index >= 15 is 0 Å². The van der Waals surface area contributed by atoms with Gasteiger partial charge in [-0.05, 0) is 38.1 Å². The van der Waals surface area contributed by atoms with Gasteiger partial charge in [0.25, 0.3) is 0 Å². The van der Waals surface area contributed by atoms with E-state index in [4.69, 9.17) is 5.73 Å². The quantitative estimate of drug-likeness (QED) is 0.837. The molecule has 18 heavy (non-hydrogen) atoms. The van der Waals surface area contributed by atoms with Crippen LogP contribution >= 0.6 is 0 Å². The SMILES string of the molecule is NCC1CCN(c2cc(NC3CCC3)ncn2)C1. The lowest BCUT2D eigenvalue weighted by Crippen LogP contribution is -2.28. The Bertz CT molecular complexity index is 404. The van der Waals surface area contributed by atoms with Crippen LogP contribution in [0.5, 0.6) is 0 Å². The zero-order valence-electron chi connectivity index (χ0n) is 10.7. The van der Waals surface area contributed by atoms with Gasteiger partial charge in [-0.15, -0.1) is 0 Å². The molecule has 1 aliphatic heterocycles. The van der Waals surface area contributed by atoms with Crippen molar-refractivity contribution in [1.82, 2.24) is 9.97 Å². The van der Waals surface area contributed by atoms with E-state index in [2.05, 4.69) is 26.3 Å². The van der Waals surface area contributed by atoms with E-state index in [1.54, 1.807) is 6.33 Å². The number of nitrogens with one attached hydrogen (secondary N) is 1. The minimum absolute atomic E-state index is 0.614. The van der Waals surface area contributed by atoms with Crippen molar-refractivity contribution < 1.29 is 0 Å². The summed E-state index contributed by atoms with van der Waals surface area (Å²) in [5, 5.41) is 3.46. The topological polar surface area (TPSA) is 67.1 Å². The van der Waals surface area contributed by atoms with E-state index in [0.29, 0.717) is 12.0 Å². The van der Waals surface area contributed by atoms with Crippen molar-refractivity contribution in [2.24, 2.45) is 11.7 Å². The lowest BCUT2D eigenvalue weighted by atomic mass is 9.93. The first-order valence-corrected chi connectivity index (χ1v) is 6.89. The Morgan fingerprint density at radius 3 is 2.89 bits per heavy atom. The highest BCUT2D eigenvalue weighted by Crippen LogP contribution is 2.25. The zero-order chi connectivity index (χ0) is 12.4. The van der Waals surface area contributed by atoms with Gasteiger partial charge in [-0.1, -0.05) is 0 Å². The maximum absolute atomic E-state index is 5.72. The summed E-state index contributed by atoms with van der Waals surface area (Å²) < 4.78 is 0. The van der Waals surface area contributed by atoms with E-state index in [-0.39, 0.29) is 0 Å². The molecule has 2 fully saturated rings. The summed E-state index contributed by atoms with van der Waals surface area (Å²) in [6, 6.07) is 2.68. The molecule has 3 rings (SSSR count). The third-order valence-corrected chi connectivity index (χ3v) is 4.05. The molecule has 1 unspecified atom stereocenters. The van der Waals surface area contributed by atoms with Crippen LogP contribution in [0.15, 0.2) is 12.4 Å². The molecule has 98 valence electrons. The second kappa shape index (κ2) is 5.10. The Balaban J connectivity index is 1.66. The Labute approximate surface area is 108 Å². The van der Waals surface area contributed by atoms with E-state index in [1.807, 2.05) is 0 Å². The highest BCUT2D eigenvalue weighted by molar-refractivity contribution is 5.49. The molecule has 0 bridgehead atoms. The number of nitrogens with zero attached hydrogens (tertiary/aromatic N) is 3. The molecule has 1 saturated heterocycles. The molecule has 3 N–H and O–H groups in total. The molecule has 1 aliphatic carbocycles. The summed E-state index contributed by atoms with van der Waals surface area (Å²) in [5.41, 5.74) is 5.72. The molecule has 0 aromatic carbocycles. The van der Waals surface area contributed by atoms with E-state index in [9.17, 15) is 0 Å². The van der Waals surface area contributed by atoms with Gasteiger partial charge in [-0.25, -0.2) is 9.97 Å². The molecule has 5 nitrogen and oxygen atoms in total. The average Bonchev–Trinajstić information content (AvgIpc) is 2.83. The van der Waals surface area contributed by atoms with Crippen molar-refractivity contribution in [3.05, 3.63) is 12.4 Å². The number of nitrogens with two attached hydrogens (primary N) is 1. The zero-order valence-corrected chi connectivity index (χ0v) is 10.7. The van der Waals surface area contributed by atoms with Crippen LogP contribution in [0.2, 0.25) is 0 Å². The molecule has 1 aromatic rings. The Hall–Kier alpha value is -1.36. The fourth-order valence-corrected chi connectivity index (χ4v) is 2.59. The van der Waals surface area contributed by atoms with Gasteiger partial charge in [0.1, 0.15) is 18.0 Å². The smallest absolute Gasteiger partial charge is 0.134 e. The molecule has 0 spiro atoms. The summed E-state index contributed by atoms with van der Waals surface area (Å²) in [5.74, 6) is 2.60. The number of anilines is 2. The van der Waals surface area contributed by atoms with Crippen LogP contribution in [0.1, 0.15) is 25.7 Å². The monoisotopic (exact) mass is 247 g/mol. The first-order valence-electron chi connectivity index (χ1n) is 6.89. The summed E-state index contributed by atoms with van der Waals surface area (Å²) in [6.07, 6.45) is 6.69. The van der Waals surface area contributed by atoms with Crippen LogP contribution in [0, 0.1) is 5.92 Å². The van der Waals surface area contributed by atoms with Crippen LogP contribution in [0.4, 0.5) is 11.6 Å². The molecule has 1 aromatic heterocycles. The van der Waals surface area contributed by atoms with Crippen LogP contribution in [0.25, 0.3) is 0 Å². The van der Waals surface area contributed by atoms with Gasteiger partial charge in [-0.3, -0.25) is 0 Å². The number of aromatic nitrogens is 2. The first kappa shape index (κ1) is 11.7. The summed E-state index contributed by atoms with van der Waals surface area (Å²) >= 11 is 0. The molecular formula is C13H21N5. The van der Waals surface area contributed by atoms with E-state index in [0.717, 1.165) is 31.3 Å². The van der Waals surface area contributed by atoms with Crippen LogP contribution in [0.3, 0.4) is 0 Å². The van der Waals surface area contributed by atoms with Crippen molar-refractivity contribution in [3.63, 3.8) is 0 Å². The van der Waals surface area contributed by atoms with Crippen molar-refractivity contribution in [3.8, 4) is 0 Å². The maximum Gasteiger partial charge on any atom is 0.134 e. The third-order valence-electron chi connectivity index (χ3n) is 4.05. The van der Waals surface area contributed by atoms with Gasteiger partial charge in [0, 0.05) is 25.2 Å². The standard InChI is InChI=1S/C13H21N5/c14-7-10-4-5-18(8-10)13-6-12(15-9-16-13)17-11-2-1-3-11/h6,9-11H,1-5,7-8,14H2,(H,15,16,17). The molecular weight excluding hydrogens is 226 g/mol. The predicted octanol–water partition coefficient (Wildman–Crippen LogP) is 1.23. The summed E-state index contributed by atoms with van der Waals surface area (Å²) in [4.78, 5) is 11.0. The Morgan fingerprint density at radius 1 is 1.33 bits per heavy atom. The van der Waals surface area contributed by atoms with Crippen molar-refractivity contribution in [2.45, 2.75) is 31.7 Å². The molecule has 5 heteroatoms. The van der Waals surface area contributed by atoms with E-state index < -0.39 is 0 Å². The van der Waals surface area contributed by atoms with Crippen LogP contribution in [-0.2, 0) is 0 Å². The predicted molar refractivity (Wildman–Crippen MR) is 72.7 cm³/mol. The molecule has 1 atom stereocenters. The Kier molecular flexibility index (Phi) is 3.32. The van der Waals surface area contributed by atoms with Gasteiger partial charge in [-0.2, -0.15) is 0 Å². The molecule has 2 aliphatic rings. The van der Waals surface area contributed by atoms with Gasteiger partial charge in [0.2, 0.25) is 0 Å². The lowest BCUT2D eigenvalue weighted by molar-refractivity contribution is 0.444. The fraction of sp³-hybridized carbons (Fsp3) is 0.692. The molecule has 1 saturated carbocycles. The van der Waals surface area contributed by atoms with E-state index in [1.165, 1.54) is 25.7 Å². The van der Waals surface area contributed by atoms with Crippen LogP contribution in [-0.4, -0.2) is 35.6 Å². The largest absolute Gasteiger partial charge is 0.367 e. The number of rotatable bonds is 4. The fourth-order valence-electron chi connectivity index (χ4n) is 2.59. The third kappa shape index (κ3) is 2.41. The second-order valence-corrected chi connectivity index (χ2v) is 5.37. The second-order valence-electron chi connectivity index (χ2n) is 5.37. The van der Waals surface area contributed by atoms with Crippen LogP contribution < -0.4 is 16.0 Å². The Morgan fingerprint density at radius 2 is 2.22 bits per heavy atom. The van der Waals surface area contributed by atoms with Crippen molar-refractivity contribution in [1.29, 1.82) is 0 Å².